The van der Waals surface area contributed by atoms with Gasteiger partial charge in [-0.15, -0.1) is 0 Å². The number of aliphatic imine (C=N–C) groups is 1. The predicted molar refractivity (Wildman–Crippen MR) is 148 cm³/mol. The van der Waals surface area contributed by atoms with E-state index < -0.39 is 16.8 Å². The SMILES string of the molecule is CN=C([Se])c1c(O)n(CC2CCCC2)c(=O)n(C2CCC3(CC2)CC2(C3)C(=O)N(C)C(=O)N2CC2COC2)c1=O. The molecule has 1 N–H and O–H groups in total. The van der Waals surface area contributed by atoms with Gasteiger partial charge in [0.05, 0.1) is 13.2 Å². The van der Waals surface area contributed by atoms with Crippen molar-refractivity contribution < 1.29 is 19.4 Å². The number of ether oxygens (including phenoxy) is 1. The number of likely N-dealkylation sites (N-methyl/N-ethyl adjacent to an activating group) is 1. The van der Waals surface area contributed by atoms with Crippen LogP contribution >= 0.6 is 0 Å². The number of carbonyl (C=O) groups is 2. The number of imide groups is 1. The average molecular weight is 620 g/mol. The minimum absolute atomic E-state index is 0.0525. The van der Waals surface area contributed by atoms with E-state index >= 15 is 0 Å². The molecular weight excluding hydrogens is 581 g/mol. The van der Waals surface area contributed by atoms with E-state index in [1.807, 2.05) is 0 Å². The number of aromatic nitrogens is 2. The Morgan fingerprint density at radius 1 is 1.02 bits per heavy atom. The zero-order chi connectivity index (χ0) is 28.4. The van der Waals surface area contributed by atoms with Gasteiger partial charge in [-0.3, -0.25) is 0 Å². The summed E-state index contributed by atoms with van der Waals surface area (Å²) < 4.78 is 8.31. The minimum atomic E-state index is -0.782. The molecule has 0 unspecified atom stereocenters. The maximum absolute atomic E-state index is 13.7. The van der Waals surface area contributed by atoms with Gasteiger partial charge in [0.2, 0.25) is 0 Å². The molecule has 5 aliphatic rings. The van der Waals surface area contributed by atoms with Gasteiger partial charge in [-0.1, -0.05) is 0 Å². The van der Waals surface area contributed by atoms with Gasteiger partial charge in [0, 0.05) is 13.0 Å². The monoisotopic (exact) mass is 620 g/mol. The summed E-state index contributed by atoms with van der Waals surface area (Å²) in [5.41, 5.74) is -1.79. The first-order valence-electron chi connectivity index (χ1n) is 14.5. The van der Waals surface area contributed by atoms with Crippen molar-refractivity contribution in [3.8, 4) is 5.88 Å². The first-order valence-corrected chi connectivity index (χ1v) is 15.4. The van der Waals surface area contributed by atoms with Crippen LogP contribution in [0.2, 0.25) is 0 Å². The number of hydrogen-bond acceptors (Lipinski definition) is 7. The van der Waals surface area contributed by atoms with Crippen LogP contribution in [0.4, 0.5) is 4.79 Å². The second-order valence-electron chi connectivity index (χ2n) is 12.7. The van der Waals surface area contributed by atoms with Gasteiger partial charge in [0.15, 0.2) is 0 Å². The third kappa shape index (κ3) is 4.20. The summed E-state index contributed by atoms with van der Waals surface area (Å²) in [6.07, 6.45) is 8.24. The quantitative estimate of drug-likeness (QED) is 0.293. The van der Waals surface area contributed by atoms with Gasteiger partial charge in [-0.25, -0.2) is 4.79 Å². The molecule has 3 saturated carbocycles. The van der Waals surface area contributed by atoms with Crippen molar-refractivity contribution >= 4 is 32.6 Å². The summed E-state index contributed by atoms with van der Waals surface area (Å²) in [5.74, 6) is 0.133. The average Bonchev–Trinajstić information content (AvgIpc) is 3.47. The Morgan fingerprint density at radius 2 is 1.68 bits per heavy atom. The fraction of sp³-hybridized carbons (Fsp3) is 0.750. The Bertz CT molecular complexity index is 1360. The Labute approximate surface area is 241 Å². The van der Waals surface area contributed by atoms with Crippen molar-refractivity contribution in [2.75, 3.05) is 33.9 Å². The number of carbonyl (C=O) groups excluding carboxylic acids is 2. The summed E-state index contributed by atoms with van der Waals surface area (Å²) in [7, 11) is 3.11. The molecule has 6 rings (SSSR count). The molecule has 1 radical (unpaired) electrons. The number of amides is 3. The second-order valence-corrected chi connectivity index (χ2v) is 13.5. The molecule has 12 heteroatoms. The Balaban J connectivity index is 1.24. The normalized spacial score (nSPS) is 31.4. The van der Waals surface area contributed by atoms with E-state index in [4.69, 9.17) is 4.74 Å². The molecule has 3 heterocycles. The molecule has 0 bridgehead atoms. The number of rotatable bonds is 6. The van der Waals surface area contributed by atoms with Crippen LogP contribution in [0.25, 0.3) is 0 Å². The van der Waals surface area contributed by atoms with Crippen LogP contribution in [0.1, 0.15) is 75.8 Å². The molecular formula is C28H38N5O6Se. The molecule has 217 valence electrons. The maximum atomic E-state index is 13.7. The molecule has 1 aromatic rings. The summed E-state index contributed by atoms with van der Waals surface area (Å²) in [6, 6.07) is -0.524. The number of urea groups is 1. The van der Waals surface area contributed by atoms with Crippen LogP contribution in [0.15, 0.2) is 14.6 Å². The molecule has 40 heavy (non-hydrogen) atoms. The van der Waals surface area contributed by atoms with Crippen molar-refractivity contribution in [3.05, 3.63) is 26.4 Å². The molecule has 0 atom stereocenters. The zero-order valence-electron chi connectivity index (χ0n) is 23.3. The molecule has 2 saturated heterocycles. The van der Waals surface area contributed by atoms with Gasteiger partial charge in [-0.05, 0) is 0 Å². The predicted octanol–water partition coefficient (Wildman–Crippen LogP) is 1.63. The molecule has 1 aromatic heterocycles. The van der Waals surface area contributed by atoms with Gasteiger partial charge in [0.1, 0.15) is 0 Å². The molecule has 3 aliphatic carbocycles. The van der Waals surface area contributed by atoms with Crippen LogP contribution in [-0.4, -0.2) is 96.0 Å². The van der Waals surface area contributed by atoms with E-state index in [9.17, 15) is 24.3 Å². The van der Waals surface area contributed by atoms with Crippen LogP contribution in [-0.2, 0) is 16.1 Å². The first kappa shape index (κ1) is 27.7. The summed E-state index contributed by atoms with van der Waals surface area (Å²) in [6.45, 7) is 2.16. The molecule has 2 spiro atoms. The summed E-state index contributed by atoms with van der Waals surface area (Å²) in [4.78, 5) is 60.7. The Kier molecular flexibility index (Phi) is 7.02. The van der Waals surface area contributed by atoms with Crippen LogP contribution < -0.4 is 11.2 Å². The van der Waals surface area contributed by atoms with E-state index in [1.165, 1.54) is 14.0 Å². The van der Waals surface area contributed by atoms with Crippen molar-refractivity contribution in [2.45, 2.75) is 82.3 Å². The number of aromatic hydroxyl groups is 1. The topological polar surface area (TPSA) is 126 Å². The molecule has 0 aromatic carbocycles. The van der Waals surface area contributed by atoms with Crippen LogP contribution in [0.5, 0.6) is 5.88 Å². The fourth-order valence-electron chi connectivity index (χ4n) is 8.03. The first-order chi connectivity index (χ1) is 19.1. The molecule has 5 fully saturated rings. The third-order valence-corrected chi connectivity index (χ3v) is 11.1. The third-order valence-electron chi connectivity index (χ3n) is 10.3. The van der Waals surface area contributed by atoms with Gasteiger partial charge < -0.3 is 4.74 Å². The molecule has 3 amide bonds. The van der Waals surface area contributed by atoms with Crippen molar-refractivity contribution in [1.82, 2.24) is 18.9 Å². The number of nitrogens with zero attached hydrogens (tertiary/aromatic N) is 5. The van der Waals surface area contributed by atoms with Crippen LogP contribution in [0.3, 0.4) is 0 Å². The summed E-state index contributed by atoms with van der Waals surface area (Å²) in [5, 5.41) is 11.0. The van der Waals surface area contributed by atoms with E-state index in [2.05, 4.69) is 21.0 Å². The van der Waals surface area contributed by atoms with Gasteiger partial charge >= 0.3 is 206 Å². The summed E-state index contributed by atoms with van der Waals surface area (Å²) >= 11 is 2.78. The van der Waals surface area contributed by atoms with Crippen LogP contribution in [0, 0.1) is 17.3 Å². The van der Waals surface area contributed by atoms with Crippen molar-refractivity contribution in [1.29, 1.82) is 0 Å². The van der Waals surface area contributed by atoms with Gasteiger partial charge in [0.25, 0.3) is 0 Å². The molecule has 11 nitrogen and oxygen atoms in total. The second kappa shape index (κ2) is 10.1. The van der Waals surface area contributed by atoms with Gasteiger partial charge in [-0.2, -0.15) is 0 Å². The fourth-order valence-corrected chi connectivity index (χ4v) is 8.41. The van der Waals surface area contributed by atoms with Crippen molar-refractivity contribution in [3.63, 3.8) is 0 Å². The van der Waals surface area contributed by atoms with Crippen molar-refractivity contribution in [2.24, 2.45) is 22.2 Å². The zero-order valence-corrected chi connectivity index (χ0v) is 25.0. The van der Waals surface area contributed by atoms with E-state index in [-0.39, 0.29) is 45.4 Å². The Hall–Kier alpha value is -2.43. The van der Waals surface area contributed by atoms with E-state index in [0.29, 0.717) is 57.9 Å². The standard InChI is InChI=1S/C28H38N5O6Se/c1-29-21(40)20-22(34)31(11-17-5-3-4-6-17)26(38)33(23(20)35)19-7-9-27(10-8-19)15-28(16-27)24(36)30(2)25(37)32(28)12-18-13-39-14-18/h17-19,34H,3-16H2,1-2H3. The Morgan fingerprint density at radius 3 is 2.25 bits per heavy atom. The number of hydrogen-bond donors (Lipinski definition) is 1. The van der Waals surface area contributed by atoms with E-state index in [1.54, 1.807) is 19.0 Å². The van der Waals surface area contributed by atoms with E-state index in [0.717, 1.165) is 38.5 Å². The molecule has 2 aliphatic heterocycles.